The normalized spacial score (nSPS) is 11.2. The van der Waals surface area contributed by atoms with Gasteiger partial charge in [-0.15, -0.1) is 0 Å². The van der Waals surface area contributed by atoms with E-state index >= 15 is 0 Å². The highest BCUT2D eigenvalue weighted by Crippen LogP contribution is 2.08. The number of nitrogens with one attached hydrogen (secondary N) is 1. The molecule has 0 atom stereocenters. The van der Waals surface area contributed by atoms with Gasteiger partial charge in [-0.2, -0.15) is 15.0 Å². The van der Waals surface area contributed by atoms with E-state index in [1.807, 2.05) is 0 Å². The molecule has 1 aromatic heterocycles. The van der Waals surface area contributed by atoms with E-state index in [0.29, 0.717) is 19.6 Å². The van der Waals surface area contributed by atoms with E-state index in [0.717, 1.165) is 0 Å². The summed E-state index contributed by atoms with van der Waals surface area (Å²) in [5.41, 5.74) is 5.47. The summed E-state index contributed by atoms with van der Waals surface area (Å²) >= 11 is 0. The summed E-state index contributed by atoms with van der Waals surface area (Å²) in [6, 6.07) is 0.124. The van der Waals surface area contributed by atoms with E-state index in [2.05, 4.69) is 20.3 Å². The molecular weight excluding hydrogens is 260 g/mol. The predicted octanol–water partition coefficient (Wildman–Crippen LogP) is -1.06. The van der Waals surface area contributed by atoms with E-state index in [1.165, 1.54) is 0 Å². The zero-order valence-electron chi connectivity index (χ0n) is 9.96. The number of aromatic nitrogens is 3. The SMILES string of the molecule is CCOc1nc(N)nc(NCCCS(N)(=O)=O)n1. The second-order valence-corrected chi connectivity index (χ2v) is 5.11. The molecule has 5 N–H and O–H groups in total. The quantitative estimate of drug-likeness (QED) is 0.534. The van der Waals surface area contributed by atoms with Crippen LogP contribution in [0.3, 0.4) is 0 Å². The lowest BCUT2D eigenvalue weighted by molar-refractivity contribution is 0.312. The lowest BCUT2D eigenvalue weighted by Gasteiger charge is -2.06. The van der Waals surface area contributed by atoms with Gasteiger partial charge in [-0.1, -0.05) is 0 Å². The summed E-state index contributed by atoms with van der Waals surface area (Å²) in [7, 11) is -3.45. The van der Waals surface area contributed by atoms with Crippen LogP contribution >= 0.6 is 0 Å². The van der Waals surface area contributed by atoms with Crippen molar-refractivity contribution in [2.75, 3.05) is 30.0 Å². The van der Waals surface area contributed by atoms with Crippen LogP contribution in [-0.4, -0.2) is 42.3 Å². The molecule has 0 aliphatic carbocycles. The standard InChI is InChI=1S/C8H16N6O3S/c1-2-17-8-13-6(9)12-7(14-8)11-4-3-5-18(10,15)16/h2-5H2,1H3,(H2,10,15,16)(H3,9,11,12,13,14). The van der Waals surface area contributed by atoms with Crippen molar-refractivity contribution in [3.05, 3.63) is 0 Å². The molecule has 0 amide bonds. The molecule has 0 radical (unpaired) electrons. The highest BCUT2D eigenvalue weighted by Gasteiger charge is 2.06. The molecule has 10 heteroatoms. The Bertz CT molecular complexity index is 492. The zero-order chi connectivity index (χ0) is 13.6. The van der Waals surface area contributed by atoms with Crippen molar-refractivity contribution < 1.29 is 13.2 Å². The Morgan fingerprint density at radius 2 is 2.06 bits per heavy atom. The topological polar surface area (TPSA) is 146 Å². The number of hydrogen-bond donors (Lipinski definition) is 3. The Kier molecular flexibility index (Phi) is 5.04. The Labute approximate surface area is 105 Å². The first-order valence-electron chi connectivity index (χ1n) is 5.29. The third-order valence-corrected chi connectivity index (χ3v) is 2.65. The van der Waals surface area contributed by atoms with Gasteiger partial charge < -0.3 is 15.8 Å². The van der Waals surface area contributed by atoms with Gasteiger partial charge in [0.2, 0.25) is 21.9 Å². The van der Waals surface area contributed by atoms with Crippen LogP contribution in [0.2, 0.25) is 0 Å². The molecule has 1 rings (SSSR count). The fourth-order valence-corrected chi connectivity index (χ4v) is 1.67. The first-order chi connectivity index (χ1) is 8.40. The molecule has 0 fully saturated rings. The van der Waals surface area contributed by atoms with Gasteiger partial charge in [-0.25, -0.2) is 13.6 Å². The lowest BCUT2D eigenvalue weighted by atomic mass is 10.5. The molecule has 1 aromatic rings. The maximum absolute atomic E-state index is 10.7. The minimum absolute atomic E-state index is 0.0300. The first kappa shape index (κ1) is 14.4. The number of hydrogen-bond acceptors (Lipinski definition) is 8. The number of ether oxygens (including phenoxy) is 1. The Balaban J connectivity index is 2.51. The molecular formula is C8H16N6O3S. The second-order valence-electron chi connectivity index (χ2n) is 3.38. The van der Waals surface area contributed by atoms with Crippen molar-refractivity contribution in [3.63, 3.8) is 0 Å². The molecule has 0 aliphatic heterocycles. The summed E-state index contributed by atoms with van der Waals surface area (Å²) in [5.74, 6) is 0.154. The van der Waals surface area contributed by atoms with Gasteiger partial charge in [-0.05, 0) is 13.3 Å². The van der Waals surface area contributed by atoms with E-state index in [1.54, 1.807) is 6.92 Å². The maximum Gasteiger partial charge on any atom is 0.323 e. The van der Waals surface area contributed by atoms with Gasteiger partial charge in [0.05, 0.1) is 12.4 Å². The number of anilines is 2. The van der Waals surface area contributed by atoms with Crippen LogP contribution in [-0.2, 0) is 10.0 Å². The van der Waals surface area contributed by atoms with Crippen molar-refractivity contribution in [2.24, 2.45) is 5.14 Å². The van der Waals surface area contributed by atoms with Gasteiger partial charge >= 0.3 is 6.01 Å². The van der Waals surface area contributed by atoms with Crippen LogP contribution in [0.4, 0.5) is 11.9 Å². The van der Waals surface area contributed by atoms with Crippen molar-refractivity contribution in [2.45, 2.75) is 13.3 Å². The summed E-state index contributed by atoms with van der Waals surface area (Å²) in [4.78, 5) is 11.5. The van der Waals surface area contributed by atoms with Crippen LogP contribution in [0.1, 0.15) is 13.3 Å². The minimum atomic E-state index is -3.45. The fourth-order valence-electron chi connectivity index (χ4n) is 1.12. The Morgan fingerprint density at radius 3 is 2.67 bits per heavy atom. The Hall–Kier alpha value is -1.68. The number of nitrogens with zero attached hydrogens (tertiary/aromatic N) is 3. The predicted molar refractivity (Wildman–Crippen MR) is 66.5 cm³/mol. The molecule has 0 spiro atoms. The van der Waals surface area contributed by atoms with E-state index < -0.39 is 10.0 Å². The van der Waals surface area contributed by atoms with Gasteiger partial charge in [-0.3, -0.25) is 0 Å². The molecule has 102 valence electrons. The number of nitrogen functional groups attached to an aromatic ring is 1. The summed E-state index contributed by atoms with van der Waals surface area (Å²) in [6.45, 7) is 2.55. The third kappa shape index (κ3) is 5.59. The van der Waals surface area contributed by atoms with Gasteiger partial charge in [0.15, 0.2) is 0 Å². The number of sulfonamides is 1. The molecule has 18 heavy (non-hydrogen) atoms. The molecule has 0 bridgehead atoms. The molecule has 1 heterocycles. The largest absolute Gasteiger partial charge is 0.464 e. The van der Waals surface area contributed by atoms with E-state index in [-0.39, 0.29) is 23.7 Å². The zero-order valence-corrected chi connectivity index (χ0v) is 10.8. The number of nitrogens with two attached hydrogens (primary N) is 2. The number of rotatable bonds is 7. The van der Waals surface area contributed by atoms with Gasteiger partial charge in [0, 0.05) is 6.54 Å². The summed E-state index contributed by atoms with van der Waals surface area (Å²) < 4.78 is 26.5. The molecule has 0 saturated carbocycles. The smallest absolute Gasteiger partial charge is 0.323 e. The van der Waals surface area contributed by atoms with Crippen molar-refractivity contribution in [1.29, 1.82) is 0 Å². The van der Waals surface area contributed by atoms with Crippen molar-refractivity contribution in [3.8, 4) is 6.01 Å². The van der Waals surface area contributed by atoms with E-state index in [4.69, 9.17) is 15.6 Å². The van der Waals surface area contributed by atoms with Crippen molar-refractivity contribution in [1.82, 2.24) is 15.0 Å². The van der Waals surface area contributed by atoms with Gasteiger partial charge in [0.1, 0.15) is 0 Å². The fraction of sp³-hybridized carbons (Fsp3) is 0.625. The molecule has 9 nitrogen and oxygen atoms in total. The average molecular weight is 276 g/mol. The molecule has 0 unspecified atom stereocenters. The number of primary sulfonamides is 1. The van der Waals surface area contributed by atoms with Gasteiger partial charge in [0.25, 0.3) is 0 Å². The molecule has 0 aromatic carbocycles. The van der Waals surface area contributed by atoms with E-state index in [9.17, 15) is 8.42 Å². The van der Waals surface area contributed by atoms with Crippen LogP contribution in [0.15, 0.2) is 0 Å². The summed E-state index contributed by atoms with van der Waals surface area (Å²) in [5, 5.41) is 7.68. The minimum Gasteiger partial charge on any atom is -0.464 e. The average Bonchev–Trinajstić information content (AvgIpc) is 2.23. The molecule has 0 saturated heterocycles. The lowest BCUT2D eigenvalue weighted by Crippen LogP contribution is -2.19. The molecule has 0 aliphatic rings. The van der Waals surface area contributed by atoms with Crippen LogP contribution < -0.4 is 20.9 Å². The highest BCUT2D eigenvalue weighted by atomic mass is 32.2. The van der Waals surface area contributed by atoms with Crippen LogP contribution in [0.5, 0.6) is 6.01 Å². The van der Waals surface area contributed by atoms with Crippen LogP contribution in [0, 0.1) is 0 Å². The van der Waals surface area contributed by atoms with Crippen molar-refractivity contribution >= 4 is 21.9 Å². The first-order valence-corrected chi connectivity index (χ1v) is 7.01. The maximum atomic E-state index is 10.7. The highest BCUT2D eigenvalue weighted by molar-refractivity contribution is 7.89. The second kappa shape index (κ2) is 6.31. The monoisotopic (exact) mass is 276 g/mol. The summed E-state index contributed by atoms with van der Waals surface area (Å²) in [6.07, 6.45) is 0.342. The van der Waals surface area contributed by atoms with Crippen LogP contribution in [0.25, 0.3) is 0 Å². The Morgan fingerprint density at radius 1 is 1.33 bits per heavy atom. The third-order valence-electron chi connectivity index (χ3n) is 1.79.